The second-order valence-electron chi connectivity index (χ2n) is 2.58. The lowest BCUT2D eigenvalue weighted by Crippen LogP contribution is -2.13. The molecule has 1 rings (SSSR count). The highest BCUT2D eigenvalue weighted by Gasteiger charge is 2.06. The van der Waals surface area contributed by atoms with Gasteiger partial charge in [0.1, 0.15) is 5.02 Å². The van der Waals surface area contributed by atoms with Crippen LogP contribution >= 0.6 is 11.6 Å². The van der Waals surface area contributed by atoms with Crippen molar-refractivity contribution in [3.05, 3.63) is 33.2 Å². The number of hydrogen-bond acceptors (Lipinski definition) is 3. The van der Waals surface area contributed by atoms with Gasteiger partial charge in [0, 0.05) is 12.2 Å². The number of rotatable bonds is 2. The van der Waals surface area contributed by atoms with Gasteiger partial charge in [-0.3, -0.25) is 4.79 Å². The summed E-state index contributed by atoms with van der Waals surface area (Å²) in [7, 11) is 0. The van der Waals surface area contributed by atoms with E-state index < -0.39 is 6.04 Å². The molecule has 13 heavy (non-hydrogen) atoms. The second kappa shape index (κ2) is 4.08. The monoisotopic (exact) mass is 197 g/mol. The molecule has 0 saturated heterocycles. The Kier molecular flexibility index (Phi) is 3.07. The SMILES string of the molecule is N#CCC(N)c1c[nH]c(=O)c(Cl)c1. The third kappa shape index (κ3) is 2.31. The fourth-order valence-corrected chi connectivity index (χ4v) is 1.08. The smallest absolute Gasteiger partial charge is 0.266 e. The predicted octanol–water partition coefficient (Wildman–Crippen LogP) is 0.942. The molecule has 0 bridgehead atoms. The van der Waals surface area contributed by atoms with Crippen LogP contribution in [0.1, 0.15) is 18.0 Å². The lowest BCUT2D eigenvalue weighted by molar-refractivity contribution is 0.743. The average Bonchev–Trinajstić information content (AvgIpc) is 2.10. The van der Waals surface area contributed by atoms with Gasteiger partial charge in [-0.15, -0.1) is 0 Å². The number of hydrogen-bond donors (Lipinski definition) is 2. The number of nitriles is 1. The summed E-state index contributed by atoms with van der Waals surface area (Å²) in [5.74, 6) is 0. The third-order valence-electron chi connectivity index (χ3n) is 1.62. The summed E-state index contributed by atoms with van der Waals surface area (Å²) in [6, 6.07) is 3.01. The van der Waals surface area contributed by atoms with Crippen molar-refractivity contribution >= 4 is 11.6 Å². The first-order chi connectivity index (χ1) is 6.15. The quantitative estimate of drug-likeness (QED) is 0.740. The minimum atomic E-state index is -0.403. The van der Waals surface area contributed by atoms with Crippen LogP contribution in [0.2, 0.25) is 5.02 Å². The molecule has 1 aromatic rings. The van der Waals surface area contributed by atoms with Gasteiger partial charge in [-0.2, -0.15) is 5.26 Å². The maximum Gasteiger partial charge on any atom is 0.266 e. The summed E-state index contributed by atoms with van der Waals surface area (Å²) in [4.78, 5) is 13.3. The molecule has 1 atom stereocenters. The molecule has 0 saturated carbocycles. The number of nitrogens with one attached hydrogen (secondary N) is 1. The van der Waals surface area contributed by atoms with Crippen molar-refractivity contribution < 1.29 is 0 Å². The molecule has 1 unspecified atom stereocenters. The van der Waals surface area contributed by atoms with E-state index in [2.05, 4.69) is 4.98 Å². The van der Waals surface area contributed by atoms with Crippen LogP contribution in [0.4, 0.5) is 0 Å². The Balaban J connectivity index is 2.98. The summed E-state index contributed by atoms with van der Waals surface area (Å²) in [6.07, 6.45) is 1.67. The lowest BCUT2D eigenvalue weighted by atomic mass is 10.1. The van der Waals surface area contributed by atoms with E-state index in [1.54, 1.807) is 0 Å². The molecule has 0 aromatic carbocycles. The minimum Gasteiger partial charge on any atom is -0.327 e. The number of halogens is 1. The van der Waals surface area contributed by atoms with E-state index in [4.69, 9.17) is 22.6 Å². The molecule has 0 aliphatic carbocycles. The number of aromatic nitrogens is 1. The van der Waals surface area contributed by atoms with E-state index in [1.807, 2.05) is 6.07 Å². The van der Waals surface area contributed by atoms with Gasteiger partial charge < -0.3 is 10.7 Å². The third-order valence-corrected chi connectivity index (χ3v) is 1.90. The van der Waals surface area contributed by atoms with Gasteiger partial charge in [0.15, 0.2) is 0 Å². The van der Waals surface area contributed by atoms with Gasteiger partial charge in [0.2, 0.25) is 0 Å². The van der Waals surface area contributed by atoms with Crippen molar-refractivity contribution in [3.63, 3.8) is 0 Å². The molecule has 0 amide bonds. The first kappa shape index (κ1) is 9.78. The largest absolute Gasteiger partial charge is 0.327 e. The maximum absolute atomic E-state index is 10.9. The van der Waals surface area contributed by atoms with Crippen LogP contribution in [0, 0.1) is 11.3 Å². The minimum absolute atomic E-state index is 0.0888. The number of aromatic amines is 1. The molecular formula is C8H8ClN3O. The summed E-state index contributed by atoms with van der Waals surface area (Å²) in [5, 5.41) is 8.48. The second-order valence-corrected chi connectivity index (χ2v) is 2.99. The lowest BCUT2D eigenvalue weighted by Gasteiger charge is -2.06. The highest BCUT2D eigenvalue weighted by atomic mass is 35.5. The Morgan fingerprint density at radius 1 is 1.77 bits per heavy atom. The van der Waals surface area contributed by atoms with E-state index >= 15 is 0 Å². The summed E-state index contributed by atoms with van der Waals surface area (Å²) < 4.78 is 0. The van der Waals surface area contributed by atoms with E-state index in [1.165, 1.54) is 12.3 Å². The fourth-order valence-electron chi connectivity index (χ4n) is 0.902. The Morgan fingerprint density at radius 3 is 3.00 bits per heavy atom. The van der Waals surface area contributed by atoms with Gasteiger partial charge >= 0.3 is 0 Å². The van der Waals surface area contributed by atoms with Crippen LogP contribution in [0.25, 0.3) is 0 Å². The van der Waals surface area contributed by atoms with Gasteiger partial charge in [-0.1, -0.05) is 11.6 Å². The zero-order chi connectivity index (χ0) is 9.84. The van der Waals surface area contributed by atoms with Crippen molar-refractivity contribution in [2.24, 2.45) is 5.73 Å². The summed E-state index contributed by atoms with van der Waals surface area (Å²) >= 11 is 5.58. The molecule has 0 spiro atoms. The van der Waals surface area contributed by atoms with Gasteiger partial charge in [-0.05, 0) is 11.6 Å². The molecule has 0 aliphatic heterocycles. The Labute approximate surface area is 79.9 Å². The van der Waals surface area contributed by atoms with Crippen molar-refractivity contribution in [2.75, 3.05) is 0 Å². The van der Waals surface area contributed by atoms with Crippen LogP contribution in [0.15, 0.2) is 17.1 Å². The Bertz CT molecular complexity index is 393. The molecule has 0 radical (unpaired) electrons. The fraction of sp³-hybridized carbons (Fsp3) is 0.250. The highest BCUT2D eigenvalue weighted by molar-refractivity contribution is 6.30. The Morgan fingerprint density at radius 2 is 2.46 bits per heavy atom. The zero-order valence-electron chi connectivity index (χ0n) is 6.75. The van der Waals surface area contributed by atoms with Crippen molar-refractivity contribution in [1.82, 2.24) is 4.98 Å². The first-order valence-electron chi connectivity index (χ1n) is 3.66. The maximum atomic E-state index is 10.9. The van der Waals surface area contributed by atoms with Crippen LogP contribution in [-0.2, 0) is 0 Å². The van der Waals surface area contributed by atoms with Crippen molar-refractivity contribution in [3.8, 4) is 6.07 Å². The number of nitrogens with zero attached hydrogens (tertiary/aromatic N) is 1. The standard InChI is InChI=1S/C8H8ClN3O/c9-6-3-5(4-12-8(6)13)7(11)1-2-10/h3-4,7H,1,11H2,(H,12,13). The Hall–Kier alpha value is -1.31. The zero-order valence-corrected chi connectivity index (χ0v) is 7.51. The van der Waals surface area contributed by atoms with E-state index in [0.717, 1.165) is 0 Å². The van der Waals surface area contributed by atoms with Crippen molar-refractivity contribution in [1.29, 1.82) is 5.26 Å². The van der Waals surface area contributed by atoms with E-state index in [9.17, 15) is 4.79 Å². The molecule has 4 nitrogen and oxygen atoms in total. The number of H-pyrrole nitrogens is 1. The highest BCUT2D eigenvalue weighted by Crippen LogP contribution is 2.13. The van der Waals surface area contributed by atoms with Crippen molar-refractivity contribution in [2.45, 2.75) is 12.5 Å². The number of nitrogens with two attached hydrogens (primary N) is 1. The van der Waals surface area contributed by atoms with Gasteiger partial charge in [0.05, 0.1) is 12.5 Å². The van der Waals surface area contributed by atoms with Crippen LogP contribution in [0.3, 0.4) is 0 Å². The van der Waals surface area contributed by atoms with E-state index in [0.29, 0.717) is 5.56 Å². The topological polar surface area (TPSA) is 82.7 Å². The molecule has 1 heterocycles. The van der Waals surface area contributed by atoms with Gasteiger partial charge in [-0.25, -0.2) is 0 Å². The number of pyridine rings is 1. The molecular weight excluding hydrogens is 190 g/mol. The molecule has 3 N–H and O–H groups in total. The summed E-state index contributed by atoms with van der Waals surface area (Å²) in [6.45, 7) is 0. The van der Waals surface area contributed by atoms with Crippen LogP contribution in [-0.4, -0.2) is 4.98 Å². The van der Waals surface area contributed by atoms with Gasteiger partial charge in [0.25, 0.3) is 5.56 Å². The van der Waals surface area contributed by atoms with E-state index in [-0.39, 0.29) is 17.0 Å². The first-order valence-corrected chi connectivity index (χ1v) is 4.03. The normalized spacial score (nSPS) is 12.1. The molecule has 68 valence electrons. The van der Waals surface area contributed by atoms with Crippen LogP contribution in [0.5, 0.6) is 0 Å². The molecule has 0 aliphatic rings. The predicted molar refractivity (Wildman–Crippen MR) is 49.2 cm³/mol. The average molecular weight is 198 g/mol. The molecule has 5 heteroatoms. The molecule has 1 aromatic heterocycles. The van der Waals surface area contributed by atoms with Crippen LogP contribution < -0.4 is 11.3 Å². The summed E-state index contributed by atoms with van der Waals surface area (Å²) in [5.41, 5.74) is 5.93. The molecule has 0 fully saturated rings.